The zero-order valence-corrected chi connectivity index (χ0v) is 15.8. The summed E-state index contributed by atoms with van der Waals surface area (Å²) in [4.78, 5) is 16.8. The van der Waals surface area contributed by atoms with Crippen LogP contribution in [0, 0.1) is 3.57 Å². The molecule has 0 bridgehead atoms. The van der Waals surface area contributed by atoms with Crippen molar-refractivity contribution >= 4 is 60.9 Å². The van der Waals surface area contributed by atoms with Gasteiger partial charge in [0.15, 0.2) is 5.13 Å². The predicted molar refractivity (Wildman–Crippen MR) is 102 cm³/mol. The van der Waals surface area contributed by atoms with E-state index >= 15 is 0 Å². The molecule has 6 heteroatoms. The molecule has 0 radical (unpaired) electrons. The minimum Gasteiger partial charge on any atom is -0.298 e. The van der Waals surface area contributed by atoms with E-state index in [1.807, 2.05) is 47.8 Å². The lowest BCUT2D eigenvalue weighted by Gasteiger charge is -2.03. The highest BCUT2D eigenvalue weighted by Crippen LogP contribution is 2.27. The SMILES string of the molecule is O=C(Nc1nc(-c2cccc(Br)c2)cs1)c1ccccc1I. The number of nitrogens with one attached hydrogen (secondary N) is 1. The van der Waals surface area contributed by atoms with E-state index in [2.05, 4.69) is 48.8 Å². The number of benzene rings is 2. The molecule has 0 spiro atoms. The van der Waals surface area contributed by atoms with E-state index in [1.165, 1.54) is 11.3 Å². The van der Waals surface area contributed by atoms with E-state index in [-0.39, 0.29) is 5.91 Å². The molecule has 0 atom stereocenters. The van der Waals surface area contributed by atoms with Crippen LogP contribution in [0.3, 0.4) is 0 Å². The van der Waals surface area contributed by atoms with Gasteiger partial charge in [-0.05, 0) is 46.9 Å². The van der Waals surface area contributed by atoms with Crippen LogP contribution in [0.15, 0.2) is 58.4 Å². The van der Waals surface area contributed by atoms with Gasteiger partial charge in [0.1, 0.15) is 0 Å². The molecule has 0 aliphatic rings. The standard InChI is InChI=1S/C16H10BrIN2OS/c17-11-5-3-4-10(8-11)14-9-22-16(19-14)20-15(21)12-6-1-2-7-13(12)18/h1-9H,(H,19,20,21). The highest BCUT2D eigenvalue weighted by Gasteiger charge is 2.12. The number of hydrogen-bond acceptors (Lipinski definition) is 3. The second-order valence-corrected chi connectivity index (χ2v) is 7.42. The Morgan fingerprint density at radius 1 is 1.18 bits per heavy atom. The monoisotopic (exact) mass is 484 g/mol. The number of thiazole rings is 1. The smallest absolute Gasteiger partial charge is 0.258 e. The van der Waals surface area contributed by atoms with Gasteiger partial charge in [-0.15, -0.1) is 11.3 Å². The van der Waals surface area contributed by atoms with Crippen LogP contribution in [0.1, 0.15) is 10.4 Å². The van der Waals surface area contributed by atoms with E-state index in [0.717, 1.165) is 19.3 Å². The van der Waals surface area contributed by atoms with Crippen molar-refractivity contribution in [1.82, 2.24) is 4.98 Å². The van der Waals surface area contributed by atoms with Crippen molar-refractivity contribution in [3.8, 4) is 11.3 Å². The van der Waals surface area contributed by atoms with Gasteiger partial charge < -0.3 is 0 Å². The number of carbonyl (C=O) groups is 1. The van der Waals surface area contributed by atoms with Crippen molar-refractivity contribution in [2.24, 2.45) is 0 Å². The van der Waals surface area contributed by atoms with Gasteiger partial charge in [0.25, 0.3) is 5.91 Å². The molecule has 2 aromatic carbocycles. The average molecular weight is 485 g/mol. The quantitative estimate of drug-likeness (QED) is 0.503. The normalized spacial score (nSPS) is 10.5. The molecule has 0 saturated carbocycles. The first-order valence-corrected chi connectivity index (χ1v) is 9.16. The van der Waals surface area contributed by atoms with Gasteiger partial charge in [0, 0.05) is 19.0 Å². The summed E-state index contributed by atoms with van der Waals surface area (Å²) in [5.41, 5.74) is 2.52. The lowest BCUT2D eigenvalue weighted by Crippen LogP contribution is -2.13. The van der Waals surface area contributed by atoms with Crippen LogP contribution in [-0.2, 0) is 0 Å². The van der Waals surface area contributed by atoms with Crippen molar-refractivity contribution < 1.29 is 4.79 Å². The van der Waals surface area contributed by atoms with Crippen LogP contribution in [0.2, 0.25) is 0 Å². The molecule has 0 aliphatic carbocycles. The number of rotatable bonds is 3. The van der Waals surface area contributed by atoms with E-state index in [1.54, 1.807) is 6.07 Å². The number of anilines is 1. The molecule has 3 rings (SSSR count). The summed E-state index contributed by atoms with van der Waals surface area (Å²) in [6, 6.07) is 15.4. The van der Waals surface area contributed by atoms with E-state index in [0.29, 0.717) is 10.7 Å². The van der Waals surface area contributed by atoms with Gasteiger partial charge in [0.2, 0.25) is 0 Å². The van der Waals surface area contributed by atoms with E-state index < -0.39 is 0 Å². The fraction of sp³-hybridized carbons (Fsp3) is 0. The summed E-state index contributed by atoms with van der Waals surface area (Å²) in [6.07, 6.45) is 0. The highest BCUT2D eigenvalue weighted by atomic mass is 127. The fourth-order valence-corrected chi connectivity index (χ4v) is 3.67. The van der Waals surface area contributed by atoms with E-state index in [9.17, 15) is 4.79 Å². The minimum absolute atomic E-state index is 0.139. The molecule has 0 unspecified atom stereocenters. The Labute approximate surface area is 154 Å². The van der Waals surface area contributed by atoms with Crippen LogP contribution in [0.4, 0.5) is 5.13 Å². The summed E-state index contributed by atoms with van der Waals surface area (Å²) in [7, 11) is 0. The molecule has 1 amide bonds. The molecule has 0 aliphatic heterocycles. The van der Waals surface area contributed by atoms with Gasteiger partial charge in [-0.1, -0.05) is 40.2 Å². The first-order valence-electron chi connectivity index (χ1n) is 6.41. The van der Waals surface area contributed by atoms with Crippen molar-refractivity contribution in [3.05, 3.63) is 67.5 Å². The second-order valence-electron chi connectivity index (χ2n) is 4.48. The number of halogens is 2. The lowest BCUT2D eigenvalue weighted by atomic mass is 10.2. The van der Waals surface area contributed by atoms with Gasteiger partial charge in [-0.2, -0.15) is 0 Å². The van der Waals surface area contributed by atoms with Crippen molar-refractivity contribution in [2.45, 2.75) is 0 Å². The summed E-state index contributed by atoms with van der Waals surface area (Å²) >= 11 is 7.02. The summed E-state index contributed by atoms with van der Waals surface area (Å²) in [6.45, 7) is 0. The summed E-state index contributed by atoms with van der Waals surface area (Å²) in [5.74, 6) is -0.139. The second kappa shape index (κ2) is 6.89. The third kappa shape index (κ3) is 3.56. The number of carbonyl (C=O) groups excluding carboxylic acids is 1. The zero-order chi connectivity index (χ0) is 15.5. The van der Waals surface area contributed by atoms with Crippen molar-refractivity contribution in [2.75, 3.05) is 5.32 Å². The Hall–Kier alpha value is -1.25. The van der Waals surface area contributed by atoms with Crippen molar-refractivity contribution in [3.63, 3.8) is 0 Å². The molecule has 22 heavy (non-hydrogen) atoms. The number of hydrogen-bond donors (Lipinski definition) is 1. The zero-order valence-electron chi connectivity index (χ0n) is 11.2. The molecule has 110 valence electrons. The molecule has 1 N–H and O–H groups in total. The number of aromatic nitrogens is 1. The van der Waals surface area contributed by atoms with Gasteiger partial charge in [0.05, 0.1) is 11.3 Å². The summed E-state index contributed by atoms with van der Waals surface area (Å²) in [5, 5.41) is 5.39. The van der Waals surface area contributed by atoms with Gasteiger partial charge in [-0.3, -0.25) is 10.1 Å². The average Bonchev–Trinajstić information content (AvgIpc) is 2.96. The predicted octanol–water partition coefficient (Wildman–Crippen LogP) is 5.43. The molecule has 3 nitrogen and oxygen atoms in total. The number of nitrogens with zero attached hydrogens (tertiary/aromatic N) is 1. The maximum Gasteiger partial charge on any atom is 0.258 e. The van der Waals surface area contributed by atoms with Gasteiger partial charge >= 0.3 is 0 Å². The fourth-order valence-electron chi connectivity index (χ4n) is 1.92. The maximum absolute atomic E-state index is 12.3. The topological polar surface area (TPSA) is 42.0 Å². The highest BCUT2D eigenvalue weighted by molar-refractivity contribution is 14.1. The van der Waals surface area contributed by atoms with Crippen LogP contribution < -0.4 is 5.32 Å². The van der Waals surface area contributed by atoms with Crippen LogP contribution in [-0.4, -0.2) is 10.9 Å². The van der Waals surface area contributed by atoms with Gasteiger partial charge in [-0.25, -0.2) is 4.98 Å². The molecule has 0 saturated heterocycles. The Morgan fingerprint density at radius 2 is 2.00 bits per heavy atom. The third-order valence-corrected chi connectivity index (χ3v) is 5.16. The molecule has 1 heterocycles. The number of amides is 1. The summed E-state index contributed by atoms with van der Waals surface area (Å²) < 4.78 is 1.92. The first kappa shape index (κ1) is 15.6. The first-order chi connectivity index (χ1) is 10.6. The lowest BCUT2D eigenvalue weighted by molar-refractivity contribution is 0.102. The minimum atomic E-state index is -0.139. The Kier molecular flexibility index (Phi) is 4.90. The largest absolute Gasteiger partial charge is 0.298 e. The molecule has 0 fully saturated rings. The van der Waals surface area contributed by atoms with Crippen LogP contribution in [0.5, 0.6) is 0 Å². The van der Waals surface area contributed by atoms with Crippen LogP contribution >= 0.6 is 49.9 Å². The Morgan fingerprint density at radius 3 is 2.77 bits per heavy atom. The third-order valence-electron chi connectivity index (χ3n) is 2.96. The molecular formula is C16H10BrIN2OS. The molecule has 3 aromatic rings. The molecule has 1 aromatic heterocycles. The van der Waals surface area contributed by atoms with Crippen molar-refractivity contribution in [1.29, 1.82) is 0 Å². The Balaban J connectivity index is 1.80. The molecular weight excluding hydrogens is 475 g/mol. The maximum atomic E-state index is 12.3. The van der Waals surface area contributed by atoms with E-state index in [4.69, 9.17) is 0 Å². The Bertz CT molecular complexity index is 834. The van der Waals surface area contributed by atoms with Crippen LogP contribution in [0.25, 0.3) is 11.3 Å².